The SMILES string of the molecule is O=C(O)C(F)(F)F.O=C(O)C1(C(=O)NC2CC=C(c3ccc(F)cc3)CC2)CCNCC1. The van der Waals surface area contributed by atoms with Crippen molar-refractivity contribution < 1.29 is 42.2 Å². The number of hydrogen-bond acceptors (Lipinski definition) is 4. The van der Waals surface area contributed by atoms with Crippen LogP contribution in [0.25, 0.3) is 5.57 Å². The molecule has 7 nitrogen and oxygen atoms in total. The van der Waals surface area contributed by atoms with E-state index < -0.39 is 23.5 Å². The number of nitrogens with one attached hydrogen (secondary N) is 2. The summed E-state index contributed by atoms with van der Waals surface area (Å²) in [5.41, 5.74) is 0.818. The number of benzene rings is 1. The molecule has 1 aromatic carbocycles. The third-order valence-corrected chi connectivity index (χ3v) is 5.50. The molecule has 1 aliphatic carbocycles. The first-order valence-corrected chi connectivity index (χ1v) is 9.96. The van der Waals surface area contributed by atoms with Gasteiger partial charge in [-0.05, 0) is 68.5 Å². The fraction of sp³-hybridized carbons (Fsp3) is 0.476. The molecule has 1 fully saturated rings. The molecule has 0 bridgehead atoms. The first kappa shape index (κ1) is 25.3. The van der Waals surface area contributed by atoms with E-state index in [1.807, 2.05) is 0 Å². The van der Waals surface area contributed by atoms with Gasteiger partial charge in [0.2, 0.25) is 5.91 Å². The summed E-state index contributed by atoms with van der Waals surface area (Å²) < 4.78 is 44.8. The van der Waals surface area contributed by atoms with Crippen LogP contribution in [0.2, 0.25) is 0 Å². The number of alkyl halides is 3. The van der Waals surface area contributed by atoms with Crippen molar-refractivity contribution in [3.8, 4) is 0 Å². The molecule has 11 heteroatoms. The van der Waals surface area contributed by atoms with Crippen LogP contribution in [0.1, 0.15) is 37.7 Å². The first-order chi connectivity index (χ1) is 15.0. The van der Waals surface area contributed by atoms with Crippen molar-refractivity contribution in [1.29, 1.82) is 0 Å². The predicted octanol–water partition coefficient (Wildman–Crippen LogP) is 2.97. The molecule has 2 aliphatic rings. The molecule has 1 aromatic rings. The fourth-order valence-corrected chi connectivity index (χ4v) is 3.61. The number of hydrogen-bond donors (Lipinski definition) is 4. The molecule has 4 N–H and O–H groups in total. The minimum Gasteiger partial charge on any atom is -0.480 e. The third-order valence-electron chi connectivity index (χ3n) is 5.50. The van der Waals surface area contributed by atoms with Gasteiger partial charge in [0.1, 0.15) is 11.2 Å². The summed E-state index contributed by atoms with van der Waals surface area (Å²) in [6.45, 7) is 1.08. The smallest absolute Gasteiger partial charge is 0.480 e. The molecule has 1 atom stereocenters. The van der Waals surface area contributed by atoms with E-state index in [2.05, 4.69) is 16.7 Å². The molecule has 1 aliphatic heterocycles. The molecule has 0 radical (unpaired) electrons. The number of amides is 1. The number of allylic oxidation sites excluding steroid dienone is 1. The molecule has 32 heavy (non-hydrogen) atoms. The Morgan fingerprint density at radius 3 is 2.06 bits per heavy atom. The number of carbonyl (C=O) groups excluding carboxylic acids is 1. The van der Waals surface area contributed by atoms with Crippen molar-refractivity contribution >= 4 is 23.4 Å². The lowest BCUT2D eigenvalue weighted by molar-refractivity contribution is -0.192. The first-order valence-electron chi connectivity index (χ1n) is 9.96. The molecule has 1 amide bonds. The molecule has 0 saturated carbocycles. The van der Waals surface area contributed by atoms with Crippen LogP contribution in [-0.2, 0) is 14.4 Å². The summed E-state index contributed by atoms with van der Waals surface area (Å²) in [4.78, 5) is 33.2. The molecule has 0 spiro atoms. The number of carboxylic acids is 2. The van der Waals surface area contributed by atoms with E-state index in [9.17, 15) is 32.3 Å². The quantitative estimate of drug-likeness (QED) is 0.406. The van der Waals surface area contributed by atoms with Gasteiger partial charge in [-0.25, -0.2) is 9.18 Å². The highest BCUT2D eigenvalue weighted by atomic mass is 19.4. The van der Waals surface area contributed by atoms with Gasteiger partial charge in [-0.15, -0.1) is 0 Å². The second kappa shape index (κ2) is 10.6. The van der Waals surface area contributed by atoms with Gasteiger partial charge < -0.3 is 20.8 Å². The number of rotatable bonds is 4. The average Bonchev–Trinajstić information content (AvgIpc) is 2.75. The molecule has 0 aromatic heterocycles. The van der Waals surface area contributed by atoms with Gasteiger partial charge in [0.15, 0.2) is 0 Å². The van der Waals surface area contributed by atoms with Gasteiger partial charge in [0, 0.05) is 6.04 Å². The number of piperidine rings is 1. The van der Waals surface area contributed by atoms with E-state index in [-0.39, 0.29) is 17.8 Å². The summed E-state index contributed by atoms with van der Waals surface area (Å²) in [6, 6.07) is 6.35. The van der Waals surface area contributed by atoms with Crippen LogP contribution in [0.4, 0.5) is 17.6 Å². The van der Waals surface area contributed by atoms with Crippen molar-refractivity contribution in [3.63, 3.8) is 0 Å². The molecule has 1 saturated heterocycles. The minimum atomic E-state index is -5.08. The van der Waals surface area contributed by atoms with Crippen LogP contribution in [0.5, 0.6) is 0 Å². The topological polar surface area (TPSA) is 116 Å². The number of carbonyl (C=O) groups is 3. The maximum atomic E-state index is 13.0. The van der Waals surface area contributed by atoms with Gasteiger partial charge in [0.05, 0.1) is 0 Å². The lowest BCUT2D eigenvalue weighted by atomic mass is 9.77. The summed E-state index contributed by atoms with van der Waals surface area (Å²) >= 11 is 0. The van der Waals surface area contributed by atoms with Gasteiger partial charge >= 0.3 is 18.1 Å². The second-order valence-corrected chi connectivity index (χ2v) is 7.62. The zero-order valence-corrected chi connectivity index (χ0v) is 17.0. The van der Waals surface area contributed by atoms with Crippen molar-refractivity contribution in [2.45, 2.75) is 44.3 Å². The van der Waals surface area contributed by atoms with Crippen LogP contribution in [-0.4, -0.2) is 53.4 Å². The van der Waals surface area contributed by atoms with E-state index in [1.165, 1.54) is 12.1 Å². The predicted molar refractivity (Wildman–Crippen MR) is 106 cm³/mol. The van der Waals surface area contributed by atoms with E-state index in [4.69, 9.17) is 9.90 Å². The van der Waals surface area contributed by atoms with Crippen molar-refractivity contribution in [2.75, 3.05) is 13.1 Å². The molecule has 1 heterocycles. The van der Waals surface area contributed by atoms with E-state index in [0.29, 0.717) is 32.4 Å². The number of halogens is 4. The Bertz CT molecular complexity index is 862. The van der Waals surface area contributed by atoms with Crippen LogP contribution in [0.3, 0.4) is 0 Å². The third kappa shape index (κ3) is 6.52. The molecular formula is C21H24F4N2O5. The largest absolute Gasteiger partial charge is 0.490 e. The normalized spacial score (nSPS) is 20.2. The van der Waals surface area contributed by atoms with Crippen molar-refractivity contribution in [2.24, 2.45) is 5.41 Å². The fourth-order valence-electron chi connectivity index (χ4n) is 3.61. The second-order valence-electron chi connectivity index (χ2n) is 7.62. The molecule has 3 rings (SSSR count). The average molecular weight is 460 g/mol. The van der Waals surface area contributed by atoms with Crippen LogP contribution < -0.4 is 10.6 Å². The highest BCUT2D eigenvalue weighted by Crippen LogP contribution is 2.32. The Kier molecular flexibility index (Phi) is 8.37. The lowest BCUT2D eigenvalue weighted by Crippen LogP contribution is -2.54. The Balaban J connectivity index is 0.000000451. The zero-order valence-electron chi connectivity index (χ0n) is 17.0. The Morgan fingerprint density at radius 1 is 1.06 bits per heavy atom. The molecule has 1 unspecified atom stereocenters. The zero-order chi connectivity index (χ0) is 23.9. The standard InChI is InChI=1S/C19H23FN2O3.C2HF3O2/c20-15-5-1-13(2-6-15)14-3-7-16(8-4-14)22-17(23)19(18(24)25)9-11-21-12-10-19;3-2(4,5)1(6)7/h1-3,5-6,16,21H,4,7-12H2,(H,22,23)(H,24,25);(H,6,7). The van der Waals surface area contributed by atoms with Gasteiger partial charge in [-0.3, -0.25) is 9.59 Å². The summed E-state index contributed by atoms with van der Waals surface area (Å²) in [7, 11) is 0. The van der Waals surface area contributed by atoms with E-state index in [0.717, 1.165) is 24.0 Å². The van der Waals surface area contributed by atoms with Crippen molar-refractivity contribution in [1.82, 2.24) is 10.6 Å². The summed E-state index contributed by atoms with van der Waals surface area (Å²) in [6.07, 6.45) is -0.208. The van der Waals surface area contributed by atoms with Crippen LogP contribution in [0, 0.1) is 11.2 Å². The van der Waals surface area contributed by atoms with Gasteiger partial charge in [0.25, 0.3) is 0 Å². The van der Waals surface area contributed by atoms with Gasteiger partial charge in [-0.2, -0.15) is 13.2 Å². The van der Waals surface area contributed by atoms with Crippen LogP contribution in [0.15, 0.2) is 30.3 Å². The van der Waals surface area contributed by atoms with Crippen LogP contribution >= 0.6 is 0 Å². The number of carboxylic acid groups (broad SMARTS) is 2. The molecular weight excluding hydrogens is 436 g/mol. The van der Waals surface area contributed by atoms with Crippen molar-refractivity contribution in [3.05, 3.63) is 41.7 Å². The van der Waals surface area contributed by atoms with E-state index in [1.54, 1.807) is 12.1 Å². The van der Waals surface area contributed by atoms with Gasteiger partial charge in [-0.1, -0.05) is 18.2 Å². The highest BCUT2D eigenvalue weighted by Gasteiger charge is 2.47. The number of aliphatic carboxylic acids is 2. The highest BCUT2D eigenvalue weighted by molar-refractivity contribution is 6.02. The Morgan fingerprint density at radius 2 is 1.62 bits per heavy atom. The molecule has 176 valence electrons. The minimum absolute atomic E-state index is 0.0530. The Hall–Kier alpha value is -2.95. The summed E-state index contributed by atoms with van der Waals surface area (Å²) in [5.74, 6) is -4.42. The summed E-state index contributed by atoms with van der Waals surface area (Å²) in [5, 5.41) is 22.7. The lowest BCUT2D eigenvalue weighted by Gasteiger charge is -2.34. The maximum Gasteiger partial charge on any atom is 0.490 e. The Labute approximate surface area is 181 Å². The monoisotopic (exact) mass is 460 g/mol. The van der Waals surface area contributed by atoms with E-state index >= 15 is 0 Å². The maximum absolute atomic E-state index is 13.0.